The number of nitrogens with one attached hydrogen (secondary N) is 4. The lowest BCUT2D eigenvalue weighted by Crippen LogP contribution is -2.51. The summed E-state index contributed by atoms with van der Waals surface area (Å²) in [6.45, 7) is -1.65. The van der Waals surface area contributed by atoms with Crippen LogP contribution in [0.15, 0.2) is 0 Å². The molecule has 0 heterocycles. The van der Waals surface area contributed by atoms with E-state index < -0.39 is 119 Å². The number of nitrogens with two attached hydrogens (primary N) is 2. The van der Waals surface area contributed by atoms with Crippen LogP contribution in [0.5, 0.6) is 0 Å². The lowest BCUT2D eigenvalue weighted by atomic mass is 10.1. The van der Waals surface area contributed by atoms with Gasteiger partial charge in [-0.1, -0.05) is 0 Å². The Labute approximate surface area is 239 Å². The normalized spacial score (nSPS) is 14.3. The maximum atomic E-state index is 12.7. The minimum atomic E-state index is -2.07. The molecule has 0 aromatic rings. The molecule has 0 aromatic heterocycles. The Bertz CT molecular complexity index is 985. The number of rotatable bonds is 21. The second-order valence-corrected chi connectivity index (χ2v) is 11.5. The first-order valence-corrected chi connectivity index (χ1v) is 14.4. The van der Waals surface area contributed by atoms with E-state index in [9.17, 15) is 42.9 Å². The van der Waals surface area contributed by atoms with Crippen LogP contribution >= 0.6 is 10.8 Å². The molecule has 0 aliphatic carbocycles. The summed E-state index contributed by atoms with van der Waals surface area (Å²) < 4.78 is 12.7. The number of amides is 4. The van der Waals surface area contributed by atoms with Crippen LogP contribution in [-0.4, -0.2) is 121 Å². The van der Waals surface area contributed by atoms with Crippen LogP contribution in [0.3, 0.4) is 0 Å². The Balaban J connectivity index is 5.38. The van der Waals surface area contributed by atoms with Crippen LogP contribution in [-0.2, 0) is 48.6 Å². The minimum absolute atomic E-state index is 0.284. The minimum Gasteiger partial charge on any atom is -0.605 e. The van der Waals surface area contributed by atoms with E-state index in [-0.39, 0.29) is 12.8 Å². The van der Waals surface area contributed by atoms with Crippen LogP contribution in [0.2, 0.25) is 0 Å². The molecule has 232 valence electrons. The fourth-order valence-corrected chi connectivity index (χ4v) is 5.31. The molecule has 0 aliphatic heterocycles. The molecule has 21 heteroatoms. The van der Waals surface area contributed by atoms with Crippen molar-refractivity contribution < 1.29 is 63.3 Å². The van der Waals surface area contributed by atoms with Gasteiger partial charge in [-0.05, 0) is 12.8 Å². The van der Waals surface area contributed by atoms with E-state index in [1.54, 1.807) is 0 Å². The molecule has 5 atom stereocenters. The molecule has 41 heavy (non-hydrogen) atoms. The van der Waals surface area contributed by atoms with Gasteiger partial charge in [-0.2, -0.15) is 0 Å². The van der Waals surface area contributed by atoms with Crippen molar-refractivity contribution in [2.45, 2.75) is 49.9 Å². The molecule has 0 bridgehead atoms. The molecule has 0 radical (unpaired) electrons. The van der Waals surface area contributed by atoms with Crippen LogP contribution in [0.25, 0.3) is 0 Å². The van der Waals surface area contributed by atoms with E-state index in [2.05, 4.69) is 10.6 Å². The molecule has 5 unspecified atom stereocenters. The zero-order chi connectivity index (χ0) is 31.7. The Kier molecular flexibility index (Phi) is 17.7. The molecule has 0 fully saturated rings. The van der Waals surface area contributed by atoms with E-state index >= 15 is 0 Å². The number of carboxylic acids is 4. The molecular formula is C20H32N6O13S2. The van der Waals surface area contributed by atoms with Gasteiger partial charge in [0, 0.05) is 23.0 Å². The highest BCUT2D eigenvalue weighted by atomic mass is 33.1. The van der Waals surface area contributed by atoms with Gasteiger partial charge < -0.3 is 57.7 Å². The standard InChI is InChI=1S/C20H32N6O13S2/c21-9(19(35)36)1-3-13(27)25-11(17(33)23-5-15(29)30)7-40-41(39)8-12(18(34)24-6-16(31)32)26-14(28)4-2-10(22)20(37)38/h9-12H,1-8,21-22H2,(H,23,33)(H,24,34)(H,25,27)(H,26,28)(H,29,30)(H,31,32)(H,35,36)(H,37,38). The van der Waals surface area contributed by atoms with Crippen molar-refractivity contribution in [3.05, 3.63) is 0 Å². The zero-order valence-electron chi connectivity index (χ0n) is 21.4. The molecule has 19 nitrogen and oxygen atoms in total. The third-order valence-electron chi connectivity index (χ3n) is 4.80. The summed E-state index contributed by atoms with van der Waals surface area (Å²) >= 11 is 0. The highest BCUT2D eigenvalue weighted by Crippen LogP contribution is 2.17. The number of carboxylic acid groups (broad SMARTS) is 4. The van der Waals surface area contributed by atoms with Crippen LogP contribution in [0.4, 0.5) is 0 Å². The van der Waals surface area contributed by atoms with Crippen molar-refractivity contribution in [2.75, 3.05) is 24.6 Å². The smallest absolute Gasteiger partial charge is 0.322 e. The Hall–Kier alpha value is -3.66. The van der Waals surface area contributed by atoms with Gasteiger partial charge in [-0.15, -0.1) is 0 Å². The predicted octanol–water partition coefficient (Wildman–Crippen LogP) is -4.86. The number of hydrogen-bond donors (Lipinski definition) is 10. The first-order valence-electron chi connectivity index (χ1n) is 11.6. The second kappa shape index (κ2) is 19.4. The van der Waals surface area contributed by atoms with E-state index in [1.165, 1.54) is 0 Å². The highest BCUT2D eigenvalue weighted by molar-refractivity contribution is 8.72. The summed E-state index contributed by atoms with van der Waals surface area (Å²) in [4.78, 5) is 92.4. The van der Waals surface area contributed by atoms with Gasteiger partial charge in [0.15, 0.2) is 6.04 Å². The summed E-state index contributed by atoms with van der Waals surface area (Å²) in [5.74, 6) is -10.3. The molecule has 0 saturated heterocycles. The van der Waals surface area contributed by atoms with Crippen molar-refractivity contribution in [1.29, 1.82) is 0 Å². The molecule has 0 aromatic carbocycles. The van der Waals surface area contributed by atoms with Crippen molar-refractivity contribution in [1.82, 2.24) is 21.3 Å². The summed E-state index contributed by atoms with van der Waals surface area (Å²) in [6, 6.07) is -5.74. The van der Waals surface area contributed by atoms with E-state index in [1.807, 2.05) is 10.6 Å². The highest BCUT2D eigenvalue weighted by Gasteiger charge is 2.30. The topological polar surface area (TPSA) is 341 Å². The third-order valence-corrected chi connectivity index (χ3v) is 7.74. The van der Waals surface area contributed by atoms with E-state index in [0.29, 0.717) is 10.8 Å². The Morgan fingerprint density at radius 2 is 1.10 bits per heavy atom. The second-order valence-electron chi connectivity index (χ2n) is 8.19. The van der Waals surface area contributed by atoms with Gasteiger partial charge in [0.05, 0.1) is 16.5 Å². The molecule has 12 N–H and O–H groups in total. The lowest BCUT2D eigenvalue weighted by Gasteiger charge is -2.21. The monoisotopic (exact) mass is 628 g/mol. The van der Waals surface area contributed by atoms with Crippen molar-refractivity contribution >= 4 is 68.5 Å². The molecule has 4 amide bonds. The summed E-state index contributed by atoms with van der Waals surface area (Å²) in [7, 11) is -1.55. The van der Waals surface area contributed by atoms with Gasteiger partial charge in [-0.25, -0.2) is 0 Å². The fraction of sp³-hybridized carbons (Fsp3) is 0.600. The number of carbonyl (C=O) groups is 8. The quantitative estimate of drug-likeness (QED) is 0.0420. The van der Waals surface area contributed by atoms with Crippen molar-refractivity contribution in [2.24, 2.45) is 11.5 Å². The molecule has 0 spiro atoms. The maximum absolute atomic E-state index is 12.7. The van der Waals surface area contributed by atoms with Crippen molar-refractivity contribution in [3.8, 4) is 0 Å². The van der Waals surface area contributed by atoms with Gasteiger partial charge in [0.2, 0.25) is 23.6 Å². The zero-order valence-corrected chi connectivity index (χ0v) is 23.0. The van der Waals surface area contributed by atoms with E-state index in [4.69, 9.17) is 31.9 Å². The van der Waals surface area contributed by atoms with Gasteiger partial charge in [0.25, 0.3) is 0 Å². The van der Waals surface area contributed by atoms with Gasteiger partial charge in [-0.3, -0.25) is 38.4 Å². The maximum Gasteiger partial charge on any atom is 0.322 e. The average molecular weight is 629 g/mol. The van der Waals surface area contributed by atoms with Crippen LogP contribution < -0.4 is 32.7 Å². The molecular weight excluding hydrogens is 596 g/mol. The SMILES string of the molecule is NC(CCC(=O)NC(CS[S+]([O-])CC(NC(=O)CCC(N)C(=O)O)C(=O)NCC(=O)O)C(=O)NCC(=O)O)C(=O)O. The van der Waals surface area contributed by atoms with Crippen LogP contribution in [0.1, 0.15) is 25.7 Å². The summed E-state index contributed by atoms with van der Waals surface area (Å²) in [6.07, 6.45) is -1.42. The predicted molar refractivity (Wildman–Crippen MR) is 140 cm³/mol. The molecule has 0 aliphatic rings. The van der Waals surface area contributed by atoms with Crippen molar-refractivity contribution in [3.63, 3.8) is 0 Å². The third kappa shape index (κ3) is 17.6. The first-order chi connectivity index (χ1) is 19.0. The average Bonchev–Trinajstić information content (AvgIpc) is 2.88. The van der Waals surface area contributed by atoms with Gasteiger partial charge in [0.1, 0.15) is 37.0 Å². The summed E-state index contributed by atoms with van der Waals surface area (Å²) in [5.41, 5.74) is 10.7. The first kappa shape index (κ1) is 37.3. The number of hydrogen-bond acceptors (Lipinski definition) is 12. The number of carbonyl (C=O) groups excluding carboxylic acids is 4. The fourth-order valence-electron chi connectivity index (χ4n) is 2.62. The Morgan fingerprint density at radius 3 is 1.49 bits per heavy atom. The number of aliphatic carboxylic acids is 4. The Morgan fingerprint density at radius 1 is 0.707 bits per heavy atom. The lowest BCUT2D eigenvalue weighted by molar-refractivity contribution is -0.140. The van der Waals surface area contributed by atoms with E-state index in [0.717, 1.165) is 0 Å². The summed E-state index contributed by atoms with van der Waals surface area (Å²) in [5, 5.41) is 43.6. The van der Waals surface area contributed by atoms with Crippen LogP contribution in [0, 0.1) is 0 Å². The largest absolute Gasteiger partial charge is 0.605 e. The molecule has 0 saturated carbocycles. The van der Waals surface area contributed by atoms with Gasteiger partial charge >= 0.3 is 23.9 Å². The molecule has 0 rings (SSSR count).